The fourth-order valence-corrected chi connectivity index (χ4v) is 1.76. The zero-order valence-electron chi connectivity index (χ0n) is 11.9. The number of carboxylic acid groups (broad SMARTS) is 1. The summed E-state index contributed by atoms with van der Waals surface area (Å²) in [6, 6.07) is 0. The highest BCUT2D eigenvalue weighted by atomic mass is 16.6. The fourth-order valence-electron chi connectivity index (χ4n) is 1.76. The van der Waals surface area contributed by atoms with Crippen molar-refractivity contribution in [1.82, 2.24) is 0 Å². The minimum absolute atomic E-state index is 0.00615. The minimum atomic E-state index is -2.07. The molecule has 0 aromatic carbocycles. The molecule has 0 unspecified atom stereocenters. The maximum absolute atomic E-state index is 12.0. The molecule has 0 aromatic heterocycles. The van der Waals surface area contributed by atoms with Crippen molar-refractivity contribution in [3.63, 3.8) is 0 Å². The summed E-state index contributed by atoms with van der Waals surface area (Å²) >= 11 is 0. The third kappa shape index (κ3) is 4.32. The van der Waals surface area contributed by atoms with Gasteiger partial charge in [0.05, 0.1) is 13.2 Å². The Balaban J connectivity index is 5.33. The van der Waals surface area contributed by atoms with Gasteiger partial charge in [-0.2, -0.15) is 0 Å². The van der Waals surface area contributed by atoms with E-state index in [0.717, 1.165) is 6.92 Å². The second kappa shape index (κ2) is 8.29. The molecule has 7 nitrogen and oxygen atoms in total. The van der Waals surface area contributed by atoms with Gasteiger partial charge in [0, 0.05) is 6.42 Å². The van der Waals surface area contributed by atoms with Crippen molar-refractivity contribution in [2.45, 2.75) is 40.0 Å². The van der Waals surface area contributed by atoms with Gasteiger partial charge in [-0.05, 0) is 33.6 Å². The number of carbonyl (C=O) groups is 4. The molecule has 0 fully saturated rings. The first-order valence-electron chi connectivity index (χ1n) is 6.40. The molecule has 114 valence electrons. The number of hydrogen-bond acceptors (Lipinski definition) is 6. The van der Waals surface area contributed by atoms with E-state index in [9.17, 15) is 19.2 Å². The van der Waals surface area contributed by atoms with E-state index in [2.05, 4.69) is 0 Å². The maximum Gasteiger partial charge on any atom is 0.331 e. The van der Waals surface area contributed by atoms with Crippen molar-refractivity contribution >= 4 is 23.7 Å². The lowest BCUT2D eigenvalue weighted by atomic mass is 9.79. The number of hydrogen-bond donors (Lipinski definition) is 1. The minimum Gasteiger partial charge on any atom is -0.481 e. The molecule has 0 bridgehead atoms. The van der Waals surface area contributed by atoms with Crippen LogP contribution in [0.15, 0.2) is 0 Å². The summed E-state index contributed by atoms with van der Waals surface area (Å²) in [5, 5.41) is 8.62. The van der Waals surface area contributed by atoms with Gasteiger partial charge in [-0.1, -0.05) is 0 Å². The lowest BCUT2D eigenvalue weighted by Crippen LogP contribution is -2.47. The van der Waals surface area contributed by atoms with Gasteiger partial charge in [-0.15, -0.1) is 0 Å². The number of rotatable bonds is 9. The standard InChI is InChI=1S/C13H20O7/c1-4-19-11(17)13(9(3)14,12(18)20-5-2)8-6-7-10(15)16/h4-8H2,1-3H3,(H,15,16). The summed E-state index contributed by atoms with van der Waals surface area (Å²) in [6.45, 7) is 4.20. The summed E-state index contributed by atoms with van der Waals surface area (Å²) in [5.74, 6) is -3.76. The predicted molar refractivity (Wildman–Crippen MR) is 67.9 cm³/mol. The number of ketones is 1. The molecule has 0 aliphatic rings. The highest BCUT2D eigenvalue weighted by Crippen LogP contribution is 2.30. The van der Waals surface area contributed by atoms with Gasteiger partial charge in [0.1, 0.15) is 0 Å². The highest BCUT2D eigenvalue weighted by molar-refractivity contribution is 6.19. The van der Waals surface area contributed by atoms with Gasteiger partial charge in [0.25, 0.3) is 0 Å². The molecule has 0 amide bonds. The molecule has 0 aromatic rings. The Kier molecular flexibility index (Phi) is 7.49. The molecular weight excluding hydrogens is 268 g/mol. The Morgan fingerprint density at radius 2 is 1.45 bits per heavy atom. The number of Topliss-reactive ketones (excluding diaryl/α,β-unsaturated/α-hetero) is 1. The zero-order chi connectivity index (χ0) is 15.8. The lowest BCUT2D eigenvalue weighted by molar-refractivity contribution is -0.175. The van der Waals surface area contributed by atoms with E-state index >= 15 is 0 Å². The van der Waals surface area contributed by atoms with Crippen LogP contribution in [0.2, 0.25) is 0 Å². The average molecular weight is 288 g/mol. The Labute approximate surface area is 117 Å². The predicted octanol–water partition coefficient (Wildman–Crippen LogP) is 0.943. The number of ether oxygens (including phenoxy) is 2. The number of carbonyl (C=O) groups excluding carboxylic acids is 3. The molecule has 0 aliphatic heterocycles. The van der Waals surface area contributed by atoms with Crippen LogP contribution in [0.25, 0.3) is 0 Å². The van der Waals surface area contributed by atoms with Crippen molar-refractivity contribution in [2.24, 2.45) is 5.41 Å². The van der Waals surface area contributed by atoms with Crippen LogP contribution in [0.5, 0.6) is 0 Å². The van der Waals surface area contributed by atoms with Crippen molar-refractivity contribution in [2.75, 3.05) is 13.2 Å². The summed E-state index contributed by atoms with van der Waals surface area (Å²) in [4.78, 5) is 46.4. The van der Waals surface area contributed by atoms with Crippen molar-refractivity contribution < 1.29 is 33.8 Å². The molecule has 0 atom stereocenters. The molecule has 0 radical (unpaired) electrons. The smallest absolute Gasteiger partial charge is 0.331 e. The molecule has 0 saturated heterocycles. The Hall–Kier alpha value is -1.92. The van der Waals surface area contributed by atoms with Crippen molar-refractivity contribution in [1.29, 1.82) is 0 Å². The maximum atomic E-state index is 12.0. The lowest BCUT2D eigenvalue weighted by Gasteiger charge is -2.26. The van der Waals surface area contributed by atoms with Gasteiger partial charge in [-0.3, -0.25) is 19.2 Å². The average Bonchev–Trinajstić information content (AvgIpc) is 2.34. The van der Waals surface area contributed by atoms with Gasteiger partial charge < -0.3 is 14.6 Å². The molecule has 0 heterocycles. The normalized spacial score (nSPS) is 10.8. The van der Waals surface area contributed by atoms with E-state index in [1.165, 1.54) is 0 Å². The Morgan fingerprint density at radius 1 is 1.00 bits per heavy atom. The van der Waals surface area contributed by atoms with Crippen LogP contribution in [-0.4, -0.2) is 42.0 Å². The van der Waals surface area contributed by atoms with Crippen molar-refractivity contribution in [3.8, 4) is 0 Å². The molecular formula is C13H20O7. The van der Waals surface area contributed by atoms with Crippen LogP contribution in [-0.2, 0) is 28.7 Å². The molecule has 1 N–H and O–H groups in total. The van der Waals surface area contributed by atoms with E-state index in [4.69, 9.17) is 14.6 Å². The Bertz CT molecular complexity index is 368. The van der Waals surface area contributed by atoms with E-state index in [1.54, 1.807) is 13.8 Å². The van der Waals surface area contributed by atoms with E-state index in [1.807, 2.05) is 0 Å². The van der Waals surface area contributed by atoms with Crippen LogP contribution in [0.3, 0.4) is 0 Å². The number of aliphatic carboxylic acids is 1. The van der Waals surface area contributed by atoms with E-state index < -0.39 is 29.1 Å². The first-order valence-corrected chi connectivity index (χ1v) is 6.40. The first-order chi connectivity index (χ1) is 9.32. The zero-order valence-corrected chi connectivity index (χ0v) is 11.9. The summed E-state index contributed by atoms with van der Waals surface area (Å²) in [5.41, 5.74) is -2.07. The molecule has 0 aliphatic carbocycles. The third-order valence-electron chi connectivity index (χ3n) is 2.79. The number of carboxylic acids is 1. The summed E-state index contributed by atoms with van der Waals surface area (Å²) in [6.07, 6.45) is -0.507. The number of esters is 2. The van der Waals surface area contributed by atoms with Crippen LogP contribution in [0.1, 0.15) is 40.0 Å². The quantitative estimate of drug-likeness (QED) is 0.497. The van der Waals surface area contributed by atoms with Crippen LogP contribution in [0, 0.1) is 5.41 Å². The van der Waals surface area contributed by atoms with E-state index in [-0.39, 0.29) is 32.5 Å². The van der Waals surface area contributed by atoms with Gasteiger partial charge in [0.2, 0.25) is 5.41 Å². The van der Waals surface area contributed by atoms with Crippen LogP contribution < -0.4 is 0 Å². The molecule has 0 rings (SSSR count). The Morgan fingerprint density at radius 3 is 1.75 bits per heavy atom. The fraction of sp³-hybridized carbons (Fsp3) is 0.692. The van der Waals surface area contributed by atoms with Crippen molar-refractivity contribution in [3.05, 3.63) is 0 Å². The summed E-state index contributed by atoms with van der Waals surface area (Å²) < 4.78 is 9.57. The monoisotopic (exact) mass is 288 g/mol. The molecule has 7 heteroatoms. The molecule has 0 saturated carbocycles. The van der Waals surface area contributed by atoms with E-state index in [0.29, 0.717) is 0 Å². The van der Waals surface area contributed by atoms with Gasteiger partial charge in [-0.25, -0.2) is 0 Å². The molecule has 0 spiro atoms. The third-order valence-corrected chi connectivity index (χ3v) is 2.79. The largest absolute Gasteiger partial charge is 0.481 e. The van der Waals surface area contributed by atoms with Crippen LogP contribution >= 0.6 is 0 Å². The molecule has 20 heavy (non-hydrogen) atoms. The SMILES string of the molecule is CCOC(=O)C(CCCC(=O)O)(C(C)=O)C(=O)OCC. The topological polar surface area (TPSA) is 107 Å². The highest BCUT2D eigenvalue weighted by Gasteiger charge is 2.52. The second-order valence-corrected chi connectivity index (χ2v) is 4.15. The second-order valence-electron chi connectivity index (χ2n) is 4.15. The van der Waals surface area contributed by atoms with Gasteiger partial charge >= 0.3 is 17.9 Å². The first kappa shape index (κ1) is 18.1. The van der Waals surface area contributed by atoms with Crippen LogP contribution in [0.4, 0.5) is 0 Å². The van der Waals surface area contributed by atoms with Gasteiger partial charge in [0.15, 0.2) is 5.78 Å². The summed E-state index contributed by atoms with van der Waals surface area (Å²) in [7, 11) is 0.